The first-order chi connectivity index (χ1) is 20.5. The van der Waals surface area contributed by atoms with Gasteiger partial charge in [0.2, 0.25) is 11.8 Å². The van der Waals surface area contributed by atoms with Crippen LogP contribution in [0.4, 0.5) is 5.69 Å². The van der Waals surface area contributed by atoms with E-state index in [-0.39, 0.29) is 70.0 Å². The zero-order chi connectivity index (χ0) is 28.5. The third-order valence-electron chi connectivity index (χ3n) is 10.0. The van der Waals surface area contributed by atoms with Crippen LogP contribution in [0.15, 0.2) is 64.4 Å². The number of imide groups is 1. The summed E-state index contributed by atoms with van der Waals surface area (Å²) in [5.74, 6) is -0.0779. The van der Waals surface area contributed by atoms with Gasteiger partial charge in [-0.25, -0.2) is 0 Å². The molecule has 3 aromatic rings. The Morgan fingerprint density at radius 2 is 1.69 bits per heavy atom. The number of para-hydroxylation sites is 1. The Bertz CT molecular complexity index is 1630. The summed E-state index contributed by atoms with van der Waals surface area (Å²) < 4.78 is 6.01. The third-order valence-corrected chi connectivity index (χ3v) is 12.6. The van der Waals surface area contributed by atoms with Crippen LogP contribution in [-0.2, 0) is 14.4 Å². The van der Waals surface area contributed by atoms with Gasteiger partial charge in [0.25, 0.3) is 5.91 Å². The fourth-order valence-corrected chi connectivity index (χ4v) is 11.3. The number of piperidine rings is 1. The minimum atomic E-state index is -0.342. The van der Waals surface area contributed by atoms with Gasteiger partial charge in [0.05, 0.1) is 22.5 Å². The first kappa shape index (κ1) is 26.3. The molecule has 1 aromatic heterocycles. The van der Waals surface area contributed by atoms with E-state index in [1.165, 1.54) is 16.2 Å². The third kappa shape index (κ3) is 4.01. The van der Waals surface area contributed by atoms with E-state index in [0.717, 1.165) is 54.2 Å². The summed E-state index contributed by atoms with van der Waals surface area (Å²) in [6.45, 7) is 1.57. The van der Waals surface area contributed by atoms with Gasteiger partial charge in [0.15, 0.2) is 6.61 Å². The smallest absolute Gasteiger partial charge is 0.305 e. The lowest BCUT2D eigenvalue weighted by molar-refractivity contribution is -0.134. The van der Waals surface area contributed by atoms with Crippen molar-refractivity contribution >= 4 is 46.5 Å². The number of rotatable bonds is 5. The number of hydrogen-bond acceptors (Lipinski definition) is 7. The Morgan fingerprint density at radius 3 is 2.48 bits per heavy atom. The maximum Gasteiger partial charge on any atom is 0.305 e. The lowest BCUT2D eigenvalue weighted by Gasteiger charge is -2.43. The molecule has 3 aliphatic heterocycles. The largest absolute Gasteiger partial charge is 0.484 e. The maximum absolute atomic E-state index is 13.9. The van der Waals surface area contributed by atoms with E-state index in [4.69, 9.17) is 4.74 Å². The van der Waals surface area contributed by atoms with E-state index in [1.807, 2.05) is 53.4 Å². The molecule has 3 amide bonds. The molecule has 2 aromatic carbocycles. The molecule has 4 heterocycles. The lowest BCUT2D eigenvalue weighted by Crippen LogP contribution is -2.42. The number of carbonyl (C=O) groups is 3. The highest BCUT2D eigenvalue weighted by atomic mass is 32.2. The van der Waals surface area contributed by atoms with E-state index in [0.29, 0.717) is 11.4 Å². The number of carbonyl (C=O) groups excluding carboxylic acids is 3. The van der Waals surface area contributed by atoms with Crippen LogP contribution in [0, 0.1) is 29.6 Å². The minimum Gasteiger partial charge on any atom is -0.484 e. The number of aromatic amines is 1. The highest BCUT2D eigenvalue weighted by Gasteiger charge is 2.69. The van der Waals surface area contributed by atoms with Crippen molar-refractivity contribution in [1.29, 1.82) is 0 Å². The molecule has 216 valence electrons. The van der Waals surface area contributed by atoms with Crippen molar-refractivity contribution in [2.75, 3.05) is 24.6 Å². The van der Waals surface area contributed by atoms with Gasteiger partial charge in [-0.1, -0.05) is 41.7 Å². The highest BCUT2D eigenvalue weighted by molar-refractivity contribution is 8.00. The number of thioether (sulfide) groups is 1. The van der Waals surface area contributed by atoms with E-state index in [9.17, 15) is 19.2 Å². The second-order valence-electron chi connectivity index (χ2n) is 12.1. The Kier molecular flexibility index (Phi) is 6.33. The molecule has 42 heavy (non-hydrogen) atoms. The predicted octanol–water partition coefficient (Wildman–Crippen LogP) is 4.51. The Labute approximate surface area is 251 Å². The number of aromatic nitrogens is 1. The van der Waals surface area contributed by atoms with E-state index < -0.39 is 0 Å². The van der Waals surface area contributed by atoms with Crippen LogP contribution >= 0.6 is 23.1 Å². The average molecular weight is 602 g/mol. The molecule has 8 rings (SSSR count). The van der Waals surface area contributed by atoms with Crippen molar-refractivity contribution in [3.8, 4) is 5.75 Å². The second kappa shape index (κ2) is 10.1. The van der Waals surface area contributed by atoms with Crippen LogP contribution < -0.4 is 14.5 Å². The Hall–Kier alpha value is -3.37. The van der Waals surface area contributed by atoms with Crippen LogP contribution in [0.5, 0.6) is 5.75 Å². The van der Waals surface area contributed by atoms with E-state index in [1.54, 1.807) is 11.8 Å². The van der Waals surface area contributed by atoms with Crippen LogP contribution in [0.25, 0.3) is 0 Å². The van der Waals surface area contributed by atoms with Crippen molar-refractivity contribution in [3.63, 3.8) is 0 Å². The van der Waals surface area contributed by atoms with Crippen LogP contribution in [0.3, 0.4) is 0 Å². The topological polar surface area (TPSA) is 99.8 Å². The van der Waals surface area contributed by atoms with Gasteiger partial charge in [-0.05, 0) is 73.3 Å². The molecule has 2 bridgehead atoms. The molecule has 0 radical (unpaired) electrons. The van der Waals surface area contributed by atoms with Gasteiger partial charge >= 0.3 is 4.87 Å². The van der Waals surface area contributed by atoms with Crippen LogP contribution in [0.1, 0.15) is 42.0 Å². The summed E-state index contributed by atoms with van der Waals surface area (Å²) in [7, 11) is 0. The number of thiazole rings is 1. The van der Waals surface area contributed by atoms with Crippen LogP contribution in [-0.4, -0.2) is 52.6 Å². The molecule has 2 saturated carbocycles. The van der Waals surface area contributed by atoms with Crippen molar-refractivity contribution < 1.29 is 19.1 Å². The summed E-state index contributed by atoms with van der Waals surface area (Å²) in [5.41, 5.74) is 1.66. The predicted molar refractivity (Wildman–Crippen MR) is 160 cm³/mol. The monoisotopic (exact) mass is 601 g/mol. The summed E-state index contributed by atoms with van der Waals surface area (Å²) in [5, 5.41) is 1.00. The number of ether oxygens (including phenoxy) is 1. The number of likely N-dealkylation sites (tertiary alicyclic amines) is 1. The standard InChI is InChI=1S/C32H31N3O5S2/c36-22(34-12-5-2-6-13-34)16-40-19-11-7-8-17(14-19)23-24-20-15-21(27(24)41-29-28(23)42-32(39)33-29)26-25(20)30(37)35(31(26)38)18-9-3-1-4-10-18/h1,3-4,7-11,14,20-21,23-27H,2,5-6,12-13,15-16H2,(H,33,39)/t20-,21-,23+,24-,25+,26+,27-/m1/s1. The van der Waals surface area contributed by atoms with Gasteiger partial charge in [-0.3, -0.25) is 24.1 Å². The Morgan fingerprint density at radius 1 is 0.929 bits per heavy atom. The molecular formula is C32H31N3O5S2. The molecule has 0 spiro atoms. The van der Waals surface area contributed by atoms with Gasteiger partial charge < -0.3 is 14.6 Å². The molecule has 2 aliphatic carbocycles. The average Bonchev–Trinajstić information content (AvgIpc) is 3.75. The molecule has 10 heteroatoms. The molecule has 8 nitrogen and oxygen atoms in total. The number of H-pyrrole nitrogens is 1. The zero-order valence-electron chi connectivity index (χ0n) is 22.9. The first-order valence-corrected chi connectivity index (χ1v) is 16.5. The van der Waals surface area contributed by atoms with Crippen molar-refractivity contribution in [2.45, 2.75) is 41.9 Å². The van der Waals surface area contributed by atoms with Gasteiger partial charge in [-0.15, -0.1) is 11.8 Å². The van der Waals surface area contributed by atoms with E-state index in [2.05, 4.69) is 11.1 Å². The molecule has 4 fully saturated rings. The highest BCUT2D eigenvalue weighted by Crippen LogP contribution is 2.68. The van der Waals surface area contributed by atoms with Crippen LogP contribution in [0.2, 0.25) is 0 Å². The molecule has 7 atom stereocenters. The SMILES string of the molecule is O=C(COc1cccc([C@@H]2c3sc(=O)[nH]c3S[C@@H]3[C@@H]4C[C@@H]([C@@H]5C(=O)N(c6ccccc6)C(=O)[C@@H]45)[C@H]23)c1)N1CCCCC1. The van der Waals surface area contributed by atoms with Crippen molar-refractivity contribution in [1.82, 2.24) is 9.88 Å². The number of nitrogens with one attached hydrogen (secondary N) is 1. The lowest BCUT2D eigenvalue weighted by atomic mass is 9.68. The van der Waals surface area contributed by atoms with Crippen molar-refractivity contribution in [3.05, 3.63) is 74.7 Å². The molecule has 2 saturated heterocycles. The quantitative estimate of drug-likeness (QED) is 0.433. The molecule has 1 N–H and O–H groups in total. The number of fused-ring (bicyclic) bond motifs is 9. The summed E-state index contributed by atoms with van der Waals surface area (Å²) in [4.78, 5) is 60.2. The number of benzene rings is 2. The number of amides is 3. The maximum atomic E-state index is 13.9. The molecular weight excluding hydrogens is 571 g/mol. The summed E-state index contributed by atoms with van der Waals surface area (Å²) in [6, 6.07) is 17.1. The summed E-state index contributed by atoms with van der Waals surface area (Å²) in [6.07, 6.45) is 4.07. The fourth-order valence-electron chi connectivity index (χ4n) is 8.40. The number of anilines is 1. The Balaban J connectivity index is 1.11. The van der Waals surface area contributed by atoms with Gasteiger partial charge in [0.1, 0.15) is 5.75 Å². The molecule has 5 aliphatic rings. The fraction of sp³-hybridized carbons (Fsp3) is 0.438. The van der Waals surface area contributed by atoms with Crippen molar-refractivity contribution in [2.24, 2.45) is 29.6 Å². The van der Waals surface area contributed by atoms with Gasteiger partial charge in [0, 0.05) is 29.1 Å². The normalized spacial score (nSPS) is 31.2. The number of hydrogen-bond donors (Lipinski definition) is 1. The second-order valence-corrected chi connectivity index (χ2v) is 14.3. The minimum absolute atomic E-state index is 0.000843. The van der Waals surface area contributed by atoms with Gasteiger partial charge in [-0.2, -0.15) is 0 Å². The number of nitrogens with zero attached hydrogens (tertiary/aromatic N) is 2. The van der Waals surface area contributed by atoms with E-state index >= 15 is 0 Å². The molecule has 0 unspecified atom stereocenters. The summed E-state index contributed by atoms with van der Waals surface area (Å²) >= 11 is 2.93. The zero-order valence-corrected chi connectivity index (χ0v) is 24.6. The first-order valence-electron chi connectivity index (χ1n) is 14.8.